The highest BCUT2D eigenvalue weighted by atomic mass is 28.3. The summed E-state index contributed by atoms with van der Waals surface area (Å²) in [4.78, 5) is 11.8. The summed E-state index contributed by atoms with van der Waals surface area (Å²) in [6.45, 7) is 17.8. The molecule has 0 fully saturated rings. The van der Waals surface area contributed by atoms with E-state index < -0.39 is 19.8 Å². The average Bonchev–Trinajstić information content (AvgIpc) is 2.64. The molecule has 0 atom stereocenters. The van der Waals surface area contributed by atoms with Gasteiger partial charge in [0.2, 0.25) is 0 Å². The first-order valence-electron chi connectivity index (χ1n) is 11.0. The quantitative estimate of drug-likeness (QED) is 0.269. The molecule has 7 heteroatoms. The fraction of sp³-hybridized carbons (Fsp3) is 0.500. The average molecular weight is 481 g/mol. The van der Waals surface area contributed by atoms with Gasteiger partial charge in [-0.3, -0.25) is 4.79 Å². The Labute approximate surface area is 196 Å². The monoisotopic (exact) mass is 480 g/mol. The zero-order valence-corrected chi connectivity index (χ0v) is 22.0. The minimum Gasteiger partial charge on any atom is -0.497 e. The molecule has 2 aromatic rings. The van der Waals surface area contributed by atoms with Crippen molar-refractivity contribution in [3.8, 4) is 11.5 Å². The van der Waals surface area contributed by atoms with Crippen LogP contribution in [0.5, 0.6) is 11.5 Å². The Morgan fingerprint density at radius 3 is 1.70 bits per heavy atom. The molecule has 0 aromatic heterocycles. The number of rotatable bonds is 5. The van der Waals surface area contributed by atoms with E-state index in [9.17, 15) is 18.0 Å². The van der Waals surface area contributed by atoms with Gasteiger partial charge >= 0.3 is 12.1 Å². The Morgan fingerprint density at radius 1 is 0.879 bits per heavy atom. The number of hydrogen-bond donors (Lipinski definition) is 0. The van der Waals surface area contributed by atoms with E-state index in [-0.39, 0.29) is 16.8 Å². The van der Waals surface area contributed by atoms with E-state index in [1.54, 1.807) is 12.1 Å². The maximum Gasteiger partial charge on any atom is 0.416 e. The van der Waals surface area contributed by atoms with Gasteiger partial charge in [-0.1, -0.05) is 84.1 Å². The van der Waals surface area contributed by atoms with Crippen LogP contribution in [0, 0.1) is 0 Å². The maximum absolute atomic E-state index is 12.9. The first-order chi connectivity index (χ1) is 14.8. The van der Waals surface area contributed by atoms with Crippen molar-refractivity contribution in [1.82, 2.24) is 0 Å². The number of ether oxygens (including phenoxy) is 2. The molecule has 2 rings (SSSR count). The van der Waals surface area contributed by atoms with Crippen LogP contribution in [0.15, 0.2) is 36.4 Å². The molecule has 0 unspecified atom stereocenters. The minimum absolute atomic E-state index is 0.301. The van der Waals surface area contributed by atoms with Crippen LogP contribution < -0.4 is 14.7 Å². The van der Waals surface area contributed by atoms with Crippen LogP contribution in [-0.4, -0.2) is 20.3 Å². The van der Waals surface area contributed by atoms with Crippen molar-refractivity contribution in [2.75, 3.05) is 6.23 Å². The Morgan fingerprint density at radius 2 is 1.33 bits per heavy atom. The molecule has 2 aromatic carbocycles. The fourth-order valence-corrected chi connectivity index (χ4v) is 5.27. The number of alkyl halides is 3. The van der Waals surface area contributed by atoms with Crippen molar-refractivity contribution < 1.29 is 27.4 Å². The molecule has 0 spiro atoms. The van der Waals surface area contributed by atoms with Gasteiger partial charge in [-0.2, -0.15) is 13.2 Å². The zero-order valence-electron chi connectivity index (χ0n) is 21.0. The molecule has 0 aliphatic rings. The molecule has 0 saturated heterocycles. The number of carbonyl (C=O) groups is 1. The van der Waals surface area contributed by atoms with Gasteiger partial charge in [-0.25, -0.2) is 0 Å². The molecule has 0 aliphatic carbocycles. The van der Waals surface area contributed by atoms with Crippen LogP contribution in [0.25, 0.3) is 0 Å². The van der Waals surface area contributed by atoms with Gasteiger partial charge in [0.1, 0.15) is 19.6 Å². The zero-order chi connectivity index (χ0) is 25.4. The molecule has 0 N–H and O–H groups in total. The SMILES string of the molecule is CC(=O)Oc1c(C(C)(C)C)cc(OC[Si](C)(C)c2ccc(C(F)(F)F)cc2)cc1C(C)(C)C. The lowest BCUT2D eigenvalue weighted by molar-refractivity contribution is -0.137. The lowest BCUT2D eigenvalue weighted by Gasteiger charge is -2.30. The van der Waals surface area contributed by atoms with Crippen LogP contribution in [0.1, 0.15) is 65.2 Å². The molecule has 0 aliphatic heterocycles. The van der Waals surface area contributed by atoms with Crippen LogP contribution in [0.4, 0.5) is 13.2 Å². The van der Waals surface area contributed by atoms with Crippen LogP contribution in [0.3, 0.4) is 0 Å². The first kappa shape index (κ1) is 27.0. The molecular formula is C26H35F3O3Si. The summed E-state index contributed by atoms with van der Waals surface area (Å²) in [6.07, 6.45) is -3.95. The summed E-state index contributed by atoms with van der Waals surface area (Å²) in [5.41, 5.74) is 0.487. The largest absolute Gasteiger partial charge is 0.497 e. The molecule has 33 heavy (non-hydrogen) atoms. The Kier molecular flexibility index (Phi) is 7.49. The minimum atomic E-state index is -4.35. The highest BCUT2D eigenvalue weighted by Gasteiger charge is 2.33. The molecule has 0 amide bonds. The molecule has 182 valence electrons. The normalized spacial score (nSPS) is 13.1. The molecule has 0 radical (unpaired) electrons. The third-order valence-corrected chi connectivity index (χ3v) is 8.28. The molecule has 0 saturated carbocycles. The molecular weight excluding hydrogens is 445 g/mol. The number of esters is 1. The highest BCUT2D eigenvalue weighted by molar-refractivity contribution is 6.89. The summed E-state index contributed by atoms with van der Waals surface area (Å²) in [5.74, 6) is 0.845. The van der Waals surface area contributed by atoms with Crippen LogP contribution >= 0.6 is 0 Å². The second kappa shape index (κ2) is 9.16. The van der Waals surface area contributed by atoms with Crippen molar-refractivity contribution in [1.29, 1.82) is 0 Å². The number of halogens is 3. The summed E-state index contributed by atoms with van der Waals surface area (Å²) in [7, 11) is -2.19. The van der Waals surface area contributed by atoms with Gasteiger partial charge in [0, 0.05) is 18.1 Å². The topological polar surface area (TPSA) is 35.5 Å². The van der Waals surface area contributed by atoms with Crippen molar-refractivity contribution in [3.05, 3.63) is 53.1 Å². The van der Waals surface area contributed by atoms with Crippen LogP contribution in [-0.2, 0) is 21.8 Å². The number of benzene rings is 2. The first-order valence-corrected chi connectivity index (χ1v) is 14.2. The van der Waals surface area contributed by atoms with E-state index in [0.717, 1.165) is 28.4 Å². The summed E-state index contributed by atoms with van der Waals surface area (Å²) < 4.78 is 50.7. The van der Waals surface area contributed by atoms with E-state index >= 15 is 0 Å². The fourth-order valence-electron chi connectivity index (χ4n) is 3.51. The van der Waals surface area contributed by atoms with Crippen LogP contribution in [0.2, 0.25) is 13.1 Å². The third kappa shape index (κ3) is 6.85. The lowest BCUT2D eigenvalue weighted by Crippen LogP contribution is -2.47. The summed E-state index contributed by atoms with van der Waals surface area (Å²) >= 11 is 0. The van der Waals surface area contributed by atoms with E-state index in [4.69, 9.17) is 9.47 Å². The van der Waals surface area contributed by atoms with E-state index in [2.05, 4.69) is 13.1 Å². The van der Waals surface area contributed by atoms with Gasteiger partial charge in [0.25, 0.3) is 0 Å². The number of carbonyl (C=O) groups excluding carboxylic acids is 1. The van der Waals surface area contributed by atoms with E-state index in [1.807, 2.05) is 53.7 Å². The van der Waals surface area contributed by atoms with E-state index in [1.165, 1.54) is 6.92 Å². The van der Waals surface area contributed by atoms with Gasteiger partial charge in [0.05, 0.1) is 11.8 Å². The third-order valence-electron chi connectivity index (χ3n) is 5.52. The summed E-state index contributed by atoms with van der Waals surface area (Å²) in [6, 6.07) is 9.20. The van der Waals surface area contributed by atoms with Crippen molar-refractivity contribution in [2.24, 2.45) is 0 Å². The van der Waals surface area contributed by atoms with Gasteiger partial charge < -0.3 is 9.47 Å². The van der Waals surface area contributed by atoms with Gasteiger partial charge in [-0.15, -0.1) is 0 Å². The highest BCUT2D eigenvalue weighted by Crippen LogP contribution is 2.42. The Balaban J connectivity index is 2.43. The Hall–Kier alpha value is -2.28. The number of hydrogen-bond acceptors (Lipinski definition) is 3. The van der Waals surface area contributed by atoms with Gasteiger partial charge in [-0.05, 0) is 23.0 Å². The second-order valence-corrected chi connectivity index (χ2v) is 15.8. The van der Waals surface area contributed by atoms with Crippen molar-refractivity contribution in [2.45, 2.75) is 78.6 Å². The molecule has 0 bridgehead atoms. The van der Waals surface area contributed by atoms with Crippen molar-refractivity contribution in [3.63, 3.8) is 0 Å². The molecule has 0 heterocycles. The summed E-state index contributed by atoms with van der Waals surface area (Å²) in [5, 5.41) is 0.888. The standard InChI is InChI=1S/C26H35F3O3Si/c1-17(30)32-23-21(24(2,3)4)14-19(15-22(23)25(5,6)7)31-16-33(8,9)20-12-10-18(11-13-20)26(27,28)29/h10-15H,16H2,1-9H3. The lowest BCUT2D eigenvalue weighted by atomic mass is 9.79. The Bertz CT molecular complexity index is 960. The second-order valence-electron chi connectivity index (χ2n) is 11.2. The van der Waals surface area contributed by atoms with Crippen molar-refractivity contribution >= 4 is 19.2 Å². The molecule has 3 nitrogen and oxygen atoms in total. The van der Waals surface area contributed by atoms with Gasteiger partial charge in [0.15, 0.2) is 0 Å². The predicted octanol–water partition coefficient (Wildman–Crippen LogP) is 6.76. The predicted molar refractivity (Wildman–Crippen MR) is 129 cm³/mol. The van der Waals surface area contributed by atoms with E-state index in [0.29, 0.717) is 17.7 Å². The smallest absolute Gasteiger partial charge is 0.416 e. The maximum atomic E-state index is 12.9.